The number of aromatic hydroxyl groups is 1. The molecular formula is C14H13BrO2. The minimum Gasteiger partial charge on any atom is -0.508 e. The lowest BCUT2D eigenvalue weighted by atomic mass is 9.99. The topological polar surface area (TPSA) is 40.5 Å². The molecule has 2 N–H and O–H groups in total. The second-order valence-corrected chi connectivity index (χ2v) is 4.93. The van der Waals surface area contributed by atoms with Crippen LogP contribution in [0.5, 0.6) is 5.75 Å². The molecule has 0 saturated heterocycles. The van der Waals surface area contributed by atoms with Gasteiger partial charge in [-0.2, -0.15) is 0 Å². The molecule has 88 valence electrons. The minimum atomic E-state index is -0.803. The van der Waals surface area contributed by atoms with Gasteiger partial charge in [-0.25, -0.2) is 0 Å². The van der Waals surface area contributed by atoms with Crippen LogP contribution in [0.2, 0.25) is 0 Å². The average molecular weight is 293 g/mol. The molecule has 0 radical (unpaired) electrons. The van der Waals surface area contributed by atoms with Gasteiger partial charge in [0.2, 0.25) is 0 Å². The molecule has 2 nitrogen and oxygen atoms in total. The fourth-order valence-corrected chi connectivity index (χ4v) is 1.98. The Balaban J connectivity index is 2.39. The maximum absolute atomic E-state index is 10.2. The largest absolute Gasteiger partial charge is 0.508 e. The van der Waals surface area contributed by atoms with Crippen molar-refractivity contribution in [2.75, 3.05) is 0 Å². The van der Waals surface area contributed by atoms with Gasteiger partial charge >= 0.3 is 0 Å². The Labute approximate surface area is 109 Å². The van der Waals surface area contributed by atoms with Crippen molar-refractivity contribution in [2.24, 2.45) is 0 Å². The molecule has 3 heteroatoms. The van der Waals surface area contributed by atoms with E-state index in [1.54, 1.807) is 12.1 Å². The molecule has 0 aliphatic heterocycles. The highest BCUT2D eigenvalue weighted by atomic mass is 79.9. The number of halogens is 1. The number of aryl methyl sites for hydroxylation is 1. The lowest BCUT2D eigenvalue weighted by Crippen LogP contribution is -2.00. The van der Waals surface area contributed by atoms with Crippen molar-refractivity contribution in [3.05, 3.63) is 63.6 Å². The third-order valence-electron chi connectivity index (χ3n) is 2.66. The number of phenolic OH excluding ortho intramolecular Hbond substituents is 1. The Morgan fingerprint density at radius 1 is 1.06 bits per heavy atom. The molecule has 0 spiro atoms. The van der Waals surface area contributed by atoms with Crippen molar-refractivity contribution in [3.8, 4) is 5.75 Å². The number of hydrogen-bond acceptors (Lipinski definition) is 2. The number of hydrogen-bond donors (Lipinski definition) is 2. The van der Waals surface area contributed by atoms with Gasteiger partial charge in [0.1, 0.15) is 11.9 Å². The smallest absolute Gasteiger partial charge is 0.121 e. The summed E-state index contributed by atoms with van der Waals surface area (Å²) in [5.74, 6) is 0.117. The zero-order chi connectivity index (χ0) is 12.4. The average Bonchev–Trinajstić information content (AvgIpc) is 2.32. The van der Waals surface area contributed by atoms with Crippen molar-refractivity contribution in [2.45, 2.75) is 13.0 Å². The fraction of sp³-hybridized carbons (Fsp3) is 0.143. The Morgan fingerprint density at radius 2 is 1.71 bits per heavy atom. The van der Waals surface area contributed by atoms with E-state index in [2.05, 4.69) is 15.9 Å². The summed E-state index contributed by atoms with van der Waals surface area (Å²) in [5.41, 5.74) is 2.30. The second-order valence-electron chi connectivity index (χ2n) is 4.02. The molecule has 0 amide bonds. The van der Waals surface area contributed by atoms with Gasteiger partial charge in [0, 0.05) is 10.0 Å². The first-order chi connectivity index (χ1) is 8.08. The summed E-state index contributed by atoms with van der Waals surface area (Å²) in [7, 11) is 0. The van der Waals surface area contributed by atoms with E-state index in [4.69, 9.17) is 0 Å². The summed E-state index contributed by atoms with van der Waals surface area (Å²) in [5, 5.41) is 20.0. The van der Waals surface area contributed by atoms with E-state index >= 15 is 0 Å². The summed E-state index contributed by atoms with van der Waals surface area (Å²) < 4.78 is 0.960. The highest BCUT2D eigenvalue weighted by molar-refractivity contribution is 9.10. The summed E-state index contributed by atoms with van der Waals surface area (Å²) in [4.78, 5) is 0. The zero-order valence-corrected chi connectivity index (χ0v) is 11.0. The predicted octanol–water partition coefficient (Wildman–Crippen LogP) is 3.54. The van der Waals surface area contributed by atoms with Gasteiger partial charge in [0.15, 0.2) is 0 Å². The van der Waals surface area contributed by atoms with Crippen LogP contribution in [0.25, 0.3) is 0 Å². The standard InChI is InChI=1S/C14H13BrO2/c1-9-2-7-13(16)12(8-9)14(17)10-3-5-11(15)6-4-10/h2-8,14,16-17H,1H3/t14-/m1/s1. The molecule has 2 aromatic rings. The lowest BCUT2D eigenvalue weighted by molar-refractivity contribution is 0.215. The van der Waals surface area contributed by atoms with Gasteiger partial charge in [-0.1, -0.05) is 39.7 Å². The highest BCUT2D eigenvalue weighted by Gasteiger charge is 2.14. The van der Waals surface area contributed by atoms with Crippen LogP contribution in [0.3, 0.4) is 0 Å². The summed E-state index contributed by atoms with van der Waals surface area (Å²) in [6.45, 7) is 1.93. The van der Waals surface area contributed by atoms with Gasteiger partial charge in [0.25, 0.3) is 0 Å². The number of benzene rings is 2. The van der Waals surface area contributed by atoms with E-state index in [0.717, 1.165) is 15.6 Å². The first kappa shape index (κ1) is 12.1. The second kappa shape index (κ2) is 4.90. The van der Waals surface area contributed by atoms with E-state index in [9.17, 15) is 10.2 Å². The molecule has 2 rings (SSSR count). The van der Waals surface area contributed by atoms with Crippen molar-refractivity contribution in [3.63, 3.8) is 0 Å². The predicted molar refractivity (Wildman–Crippen MR) is 71.0 cm³/mol. The monoisotopic (exact) mass is 292 g/mol. The quantitative estimate of drug-likeness (QED) is 0.889. The van der Waals surface area contributed by atoms with E-state index in [-0.39, 0.29) is 5.75 Å². The first-order valence-electron chi connectivity index (χ1n) is 5.31. The maximum Gasteiger partial charge on any atom is 0.121 e. The summed E-state index contributed by atoms with van der Waals surface area (Å²) >= 11 is 3.35. The molecule has 1 atom stereocenters. The Bertz CT molecular complexity index is 520. The third kappa shape index (κ3) is 2.68. The summed E-state index contributed by atoms with van der Waals surface area (Å²) in [6, 6.07) is 12.6. The summed E-state index contributed by atoms with van der Waals surface area (Å²) in [6.07, 6.45) is -0.803. The van der Waals surface area contributed by atoms with Crippen LogP contribution in [-0.4, -0.2) is 10.2 Å². The molecule has 0 aliphatic carbocycles. The van der Waals surface area contributed by atoms with Crippen LogP contribution < -0.4 is 0 Å². The van der Waals surface area contributed by atoms with E-state index in [1.165, 1.54) is 0 Å². The van der Waals surface area contributed by atoms with Crippen molar-refractivity contribution >= 4 is 15.9 Å². The molecule has 0 unspecified atom stereocenters. The van der Waals surface area contributed by atoms with Gasteiger partial charge in [-0.3, -0.25) is 0 Å². The molecule has 0 heterocycles. The van der Waals surface area contributed by atoms with Crippen molar-refractivity contribution < 1.29 is 10.2 Å². The van der Waals surface area contributed by atoms with E-state index in [0.29, 0.717) is 5.56 Å². The highest BCUT2D eigenvalue weighted by Crippen LogP contribution is 2.30. The Hall–Kier alpha value is -1.32. The normalized spacial score (nSPS) is 12.4. The lowest BCUT2D eigenvalue weighted by Gasteiger charge is -2.13. The van der Waals surface area contributed by atoms with Crippen LogP contribution in [0.4, 0.5) is 0 Å². The SMILES string of the molecule is Cc1ccc(O)c([C@H](O)c2ccc(Br)cc2)c1. The zero-order valence-electron chi connectivity index (χ0n) is 9.39. The van der Waals surface area contributed by atoms with Gasteiger partial charge in [-0.15, -0.1) is 0 Å². The van der Waals surface area contributed by atoms with Gasteiger partial charge < -0.3 is 10.2 Å². The molecule has 0 fully saturated rings. The molecule has 2 aromatic carbocycles. The van der Waals surface area contributed by atoms with E-state index in [1.807, 2.05) is 37.3 Å². The van der Waals surface area contributed by atoms with Crippen LogP contribution in [-0.2, 0) is 0 Å². The van der Waals surface area contributed by atoms with Crippen LogP contribution in [0.15, 0.2) is 46.9 Å². The first-order valence-corrected chi connectivity index (χ1v) is 6.10. The number of phenols is 1. The number of aliphatic hydroxyl groups is 1. The fourth-order valence-electron chi connectivity index (χ4n) is 1.72. The Morgan fingerprint density at radius 3 is 2.35 bits per heavy atom. The van der Waals surface area contributed by atoms with E-state index < -0.39 is 6.10 Å². The number of aliphatic hydroxyl groups excluding tert-OH is 1. The molecule has 0 saturated carbocycles. The van der Waals surface area contributed by atoms with Crippen LogP contribution in [0.1, 0.15) is 22.8 Å². The van der Waals surface area contributed by atoms with Crippen LogP contribution >= 0.6 is 15.9 Å². The molecule has 0 aliphatic rings. The maximum atomic E-state index is 10.2. The van der Waals surface area contributed by atoms with Crippen LogP contribution in [0, 0.1) is 6.92 Å². The third-order valence-corrected chi connectivity index (χ3v) is 3.19. The van der Waals surface area contributed by atoms with Crippen molar-refractivity contribution in [1.29, 1.82) is 0 Å². The van der Waals surface area contributed by atoms with Crippen molar-refractivity contribution in [1.82, 2.24) is 0 Å². The minimum absolute atomic E-state index is 0.117. The van der Waals surface area contributed by atoms with Gasteiger partial charge in [-0.05, 0) is 36.8 Å². The number of rotatable bonds is 2. The molecule has 0 bridgehead atoms. The molecule has 17 heavy (non-hydrogen) atoms. The molecule has 0 aromatic heterocycles. The van der Waals surface area contributed by atoms with Gasteiger partial charge in [0.05, 0.1) is 0 Å². The molecular weight excluding hydrogens is 280 g/mol. The Kier molecular flexibility index (Phi) is 3.50.